The molecule has 1 unspecified atom stereocenters. The van der Waals surface area contributed by atoms with Crippen LogP contribution >= 0.6 is 31.9 Å². The van der Waals surface area contributed by atoms with Crippen LogP contribution in [0.5, 0.6) is 0 Å². The van der Waals surface area contributed by atoms with E-state index in [1.54, 1.807) is 0 Å². The van der Waals surface area contributed by atoms with Crippen molar-refractivity contribution in [2.75, 3.05) is 5.33 Å². The highest BCUT2D eigenvalue weighted by atomic mass is 79.9. The lowest BCUT2D eigenvalue weighted by Gasteiger charge is -2.11. The molecule has 0 heterocycles. The van der Waals surface area contributed by atoms with Crippen molar-refractivity contribution < 1.29 is 0 Å². The molecule has 2 rings (SSSR count). The van der Waals surface area contributed by atoms with Crippen LogP contribution in [0.15, 0.2) is 66.7 Å². The third-order valence-electron chi connectivity index (χ3n) is 2.79. The van der Waals surface area contributed by atoms with Crippen LogP contribution in [0.1, 0.15) is 17.0 Å². The Labute approximate surface area is 125 Å². The van der Waals surface area contributed by atoms with Gasteiger partial charge in [-0.3, -0.25) is 0 Å². The molecule has 0 saturated carbocycles. The number of benzene rings is 2. The number of rotatable bonds is 4. The molecule has 1 atom stereocenters. The van der Waals surface area contributed by atoms with E-state index in [4.69, 9.17) is 0 Å². The first-order valence-corrected chi connectivity index (χ1v) is 7.76. The Hall–Kier alpha value is -0.860. The predicted octanol–water partition coefficient (Wildman–Crippen LogP) is 5.60. The normalized spacial score (nSPS) is 13.3. The Kier molecular flexibility index (Phi) is 5.21. The van der Waals surface area contributed by atoms with Crippen LogP contribution in [0.3, 0.4) is 0 Å². The molecule has 18 heavy (non-hydrogen) atoms. The minimum absolute atomic E-state index is 0.376. The van der Waals surface area contributed by atoms with Crippen molar-refractivity contribution in [1.29, 1.82) is 0 Å². The molecule has 0 saturated heterocycles. The summed E-state index contributed by atoms with van der Waals surface area (Å²) in [5.41, 5.74) is 2.53. The van der Waals surface area contributed by atoms with Gasteiger partial charge < -0.3 is 0 Å². The zero-order chi connectivity index (χ0) is 12.8. The van der Waals surface area contributed by atoms with Crippen LogP contribution in [0.25, 0.3) is 4.48 Å². The zero-order valence-electron chi connectivity index (χ0n) is 9.89. The maximum Gasteiger partial charge on any atom is 0.0214 e. The van der Waals surface area contributed by atoms with Gasteiger partial charge in [-0.25, -0.2) is 0 Å². The molecule has 0 aliphatic carbocycles. The van der Waals surface area contributed by atoms with Gasteiger partial charge in [0, 0.05) is 15.7 Å². The second-order valence-electron chi connectivity index (χ2n) is 4.05. The standard InChI is InChI=1S/C16H14Br2/c17-12-15(13-7-3-1-4-8-13)11-16(18)14-9-5-2-6-10-14/h1-11,15H,12H2/b16-11+. The van der Waals surface area contributed by atoms with E-state index < -0.39 is 0 Å². The highest BCUT2D eigenvalue weighted by Crippen LogP contribution is 2.28. The SMILES string of the molecule is BrCC(/C=C(/Br)c1ccccc1)c1ccccc1. The minimum Gasteiger partial charge on any atom is -0.0918 e. The molecule has 0 aliphatic rings. The first kappa shape index (κ1) is 13.6. The average molecular weight is 366 g/mol. The van der Waals surface area contributed by atoms with Crippen molar-refractivity contribution in [1.82, 2.24) is 0 Å². The first-order valence-electron chi connectivity index (χ1n) is 5.85. The van der Waals surface area contributed by atoms with Gasteiger partial charge in [-0.15, -0.1) is 0 Å². The summed E-state index contributed by atoms with van der Waals surface area (Å²) in [4.78, 5) is 0. The molecule has 92 valence electrons. The second kappa shape index (κ2) is 6.91. The maximum absolute atomic E-state index is 3.66. The summed E-state index contributed by atoms with van der Waals surface area (Å²) >= 11 is 7.25. The molecule has 0 nitrogen and oxygen atoms in total. The Balaban J connectivity index is 2.25. The molecule has 0 N–H and O–H groups in total. The summed E-state index contributed by atoms with van der Waals surface area (Å²) in [6.07, 6.45) is 2.25. The summed E-state index contributed by atoms with van der Waals surface area (Å²) in [7, 11) is 0. The van der Waals surface area contributed by atoms with Gasteiger partial charge >= 0.3 is 0 Å². The van der Waals surface area contributed by atoms with Gasteiger partial charge in [0.2, 0.25) is 0 Å². The van der Waals surface area contributed by atoms with Crippen LogP contribution in [0.2, 0.25) is 0 Å². The number of alkyl halides is 1. The third-order valence-corrected chi connectivity index (χ3v) is 4.21. The van der Waals surface area contributed by atoms with E-state index in [1.165, 1.54) is 11.1 Å². The fourth-order valence-corrected chi connectivity index (χ4v) is 2.94. The molecule has 0 spiro atoms. The van der Waals surface area contributed by atoms with Gasteiger partial charge in [0.1, 0.15) is 0 Å². The van der Waals surface area contributed by atoms with Gasteiger partial charge in [0.05, 0.1) is 0 Å². The van der Waals surface area contributed by atoms with Crippen LogP contribution in [0.4, 0.5) is 0 Å². The second-order valence-corrected chi connectivity index (χ2v) is 5.55. The van der Waals surface area contributed by atoms with Gasteiger partial charge in [-0.05, 0) is 11.1 Å². The van der Waals surface area contributed by atoms with Crippen molar-refractivity contribution in [3.05, 3.63) is 77.9 Å². The van der Waals surface area contributed by atoms with Crippen molar-refractivity contribution >= 4 is 36.3 Å². The Morgan fingerprint density at radius 1 is 0.944 bits per heavy atom. The molecular weight excluding hydrogens is 352 g/mol. The molecule has 0 bridgehead atoms. The van der Waals surface area contributed by atoms with Crippen LogP contribution in [-0.4, -0.2) is 5.33 Å². The van der Waals surface area contributed by atoms with Gasteiger partial charge in [-0.2, -0.15) is 0 Å². The molecule has 2 aromatic carbocycles. The molecule has 0 aromatic heterocycles. The van der Waals surface area contributed by atoms with Gasteiger partial charge in [0.25, 0.3) is 0 Å². The van der Waals surface area contributed by atoms with Crippen molar-refractivity contribution in [2.24, 2.45) is 0 Å². The van der Waals surface area contributed by atoms with E-state index in [-0.39, 0.29) is 0 Å². The molecular formula is C16H14Br2. The highest BCUT2D eigenvalue weighted by molar-refractivity contribution is 9.15. The lowest BCUT2D eigenvalue weighted by molar-refractivity contribution is 0.997. The fraction of sp³-hybridized carbons (Fsp3) is 0.125. The lowest BCUT2D eigenvalue weighted by Crippen LogP contribution is -1.96. The van der Waals surface area contributed by atoms with Gasteiger partial charge in [-0.1, -0.05) is 98.6 Å². The third kappa shape index (κ3) is 3.56. The lowest BCUT2D eigenvalue weighted by atomic mass is 10.00. The van der Waals surface area contributed by atoms with E-state index in [0.717, 1.165) is 9.81 Å². The van der Waals surface area contributed by atoms with E-state index >= 15 is 0 Å². The van der Waals surface area contributed by atoms with Gasteiger partial charge in [0.15, 0.2) is 0 Å². The topological polar surface area (TPSA) is 0 Å². The Morgan fingerprint density at radius 3 is 2.06 bits per heavy atom. The largest absolute Gasteiger partial charge is 0.0918 e. The monoisotopic (exact) mass is 364 g/mol. The maximum atomic E-state index is 3.66. The zero-order valence-corrected chi connectivity index (χ0v) is 13.1. The summed E-state index contributed by atoms with van der Waals surface area (Å²) < 4.78 is 1.14. The molecule has 2 aromatic rings. The minimum atomic E-state index is 0.376. The molecule has 2 heteroatoms. The summed E-state index contributed by atoms with van der Waals surface area (Å²) in [5, 5.41) is 0.916. The van der Waals surface area contributed by atoms with Crippen molar-refractivity contribution in [2.45, 2.75) is 5.92 Å². The molecule has 0 aliphatic heterocycles. The van der Waals surface area contributed by atoms with E-state index in [1.807, 2.05) is 12.1 Å². The van der Waals surface area contributed by atoms with E-state index in [9.17, 15) is 0 Å². The Bertz CT molecular complexity index is 503. The molecule has 0 fully saturated rings. The number of hydrogen-bond donors (Lipinski definition) is 0. The fourth-order valence-electron chi connectivity index (χ4n) is 1.80. The quantitative estimate of drug-likeness (QED) is 0.618. The predicted molar refractivity (Wildman–Crippen MR) is 86.3 cm³/mol. The molecule has 0 radical (unpaired) electrons. The van der Waals surface area contributed by atoms with Crippen molar-refractivity contribution in [3.63, 3.8) is 0 Å². The summed E-state index contributed by atoms with van der Waals surface area (Å²) in [5.74, 6) is 0.376. The number of hydrogen-bond acceptors (Lipinski definition) is 0. The molecule has 0 amide bonds. The smallest absolute Gasteiger partial charge is 0.0214 e. The van der Waals surface area contributed by atoms with E-state index in [2.05, 4.69) is 86.5 Å². The first-order chi connectivity index (χ1) is 8.81. The average Bonchev–Trinajstić information content (AvgIpc) is 2.46. The number of halogens is 2. The van der Waals surface area contributed by atoms with Crippen LogP contribution in [0, 0.1) is 0 Å². The van der Waals surface area contributed by atoms with Crippen LogP contribution in [-0.2, 0) is 0 Å². The summed E-state index contributed by atoms with van der Waals surface area (Å²) in [6, 6.07) is 20.9. The summed E-state index contributed by atoms with van der Waals surface area (Å²) in [6.45, 7) is 0. The van der Waals surface area contributed by atoms with Crippen molar-refractivity contribution in [3.8, 4) is 0 Å². The highest BCUT2D eigenvalue weighted by Gasteiger charge is 2.08. The Morgan fingerprint density at radius 2 is 1.50 bits per heavy atom. The van der Waals surface area contributed by atoms with E-state index in [0.29, 0.717) is 5.92 Å². The number of allylic oxidation sites excluding steroid dienone is 1. The van der Waals surface area contributed by atoms with Crippen LogP contribution < -0.4 is 0 Å².